The fourth-order valence-electron chi connectivity index (χ4n) is 17.2. The van der Waals surface area contributed by atoms with Crippen LogP contribution in [0.5, 0.6) is 0 Å². The van der Waals surface area contributed by atoms with Crippen molar-refractivity contribution in [2.45, 2.75) is 335 Å². The second-order valence-electron chi connectivity index (χ2n) is 35.3. The van der Waals surface area contributed by atoms with Crippen LogP contribution in [-0.4, -0.2) is 95.4 Å². The first-order valence-electron chi connectivity index (χ1n) is 43.1. The van der Waals surface area contributed by atoms with Crippen molar-refractivity contribution in [2.24, 2.45) is 47.2 Å². The van der Waals surface area contributed by atoms with E-state index >= 15 is 0 Å². The summed E-state index contributed by atoms with van der Waals surface area (Å²) in [4.78, 5) is 56.0. The Hall–Kier alpha value is -5.83. The zero-order valence-corrected chi connectivity index (χ0v) is 71.8. The van der Waals surface area contributed by atoms with Gasteiger partial charge in [0.25, 0.3) is 0 Å². The van der Waals surface area contributed by atoms with E-state index in [1.54, 1.807) is 56.9 Å². The Labute approximate surface area is 683 Å². The van der Waals surface area contributed by atoms with Crippen LogP contribution in [0.1, 0.15) is 298 Å². The Balaban J connectivity index is 0.000000222. The molecule has 8 aliphatic carbocycles. The second kappa shape index (κ2) is 48.5. The summed E-state index contributed by atoms with van der Waals surface area (Å²) in [5, 5.41) is 15.5. The first-order chi connectivity index (χ1) is 52.4. The monoisotopic (exact) mass is 1560 g/mol. The van der Waals surface area contributed by atoms with Gasteiger partial charge in [-0.1, -0.05) is 196 Å². The van der Waals surface area contributed by atoms with Crippen molar-refractivity contribution in [3.05, 3.63) is 166 Å². The summed E-state index contributed by atoms with van der Waals surface area (Å²) in [6.07, 6.45) is 43.4. The SMILES string of the molecule is CC(C)(C)OC(=O)CN.CC/C(=C\c1ccccc1)[C@@H]1C[C@H]1NC1CCC(=O)CC1.CC/C(=C\c1ccccc1)[C@@H]1C[C@H]1NC1CCC(CCC(=O)OC(C)(C)C)CC1.CC/C(=C\c1ccccc1)[C@@H]1C[C@H]1NC1CCC(CCC(C)=O)CC1.CC/C(=C\c1ccccc1)[C@@H]1C[C@H]1NC1CCC(CCC(C)=O)CC1.Cl.Cl. The third kappa shape index (κ3) is 36.3. The first kappa shape index (κ1) is 94.0. The van der Waals surface area contributed by atoms with Gasteiger partial charge in [0.05, 0.1) is 6.54 Å². The average molecular weight is 1560 g/mol. The van der Waals surface area contributed by atoms with E-state index in [-0.39, 0.29) is 48.9 Å². The number of nitrogens with one attached hydrogen (secondary N) is 4. The number of Topliss-reactive ketones (excluding diaryl/α,β-unsaturated/α-hetero) is 3. The predicted octanol–water partition coefficient (Wildman–Crippen LogP) is 22.0. The Bertz CT molecular complexity index is 3390. The Morgan fingerprint density at radius 3 is 0.847 bits per heavy atom. The van der Waals surface area contributed by atoms with Crippen molar-refractivity contribution >= 4 is 78.4 Å². The lowest BCUT2D eigenvalue weighted by Crippen LogP contribution is -2.35. The summed E-state index contributed by atoms with van der Waals surface area (Å²) in [7, 11) is 0. The minimum Gasteiger partial charge on any atom is -0.460 e. The van der Waals surface area contributed by atoms with E-state index in [0.717, 1.165) is 107 Å². The van der Waals surface area contributed by atoms with Gasteiger partial charge in [0.15, 0.2) is 0 Å². The first-order valence-corrected chi connectivity index (χ1v) is 43.1. The van der Waals surface area contributed by atoms with E-state index in [2.05, 4.69) is 195 Å². The number of benzene rings is 4. The molecule has 0 amide bonds. The topological polar surface area (TPSA) is 178 Å². The molecule has 0 heterocycles. The molecule has 0 radical (unpaired) electrons. The Morgan fingerprint density at radius 1 is 0.378 bits per heavy atom. The fourth-order valence-corrected chi connectivity index (χ4v) is 17.2. The van der Waals surface area contributed by atoms with Crippen LogP contribution in [0.4, 0.5) is 0 Å². The molecule has 12 rings (SSSR count). The molecule has 614 valence electrons. The van der Waals surface area contributed by atoms with E-state index in [1.165, 1.54) is 125 Å². The van der Waals surface area contributed by atoms with Crippen molar-refractivity contribution in [2.75, 3.05) is 6.54 Å². The van der Waals surface area contributed by atoms with Gasteiger partial charge >= 0.3 is 11.9 Å². The van der Waals surface area contributed by atoms with Crippen molar-refractivity contribution in [3.8, 4) is 0 Å². The van der Waals surface area contributed by atoms with Gasteiger partial charge in [-0.2, -0.15) is 0 Å². The van der Waals surface area contributed by atoms with Gasteiger partial charge in [0, 0.05) is 80.4 Å². The van der Waals surface area contributed by atoms with Gasteiger partial charge < -0.3 is 46.1 Å². The van der Waals surface area contributed by atoms with Crippen molar-refractivity contribution in [3.63, 3.8) is 0 Å². The summed E-state index contributed by atoms with van der Waals surface area (Å²) in [5.41, 5.74) is 15.9. The smallest absolute Gasteiger partial charge is 0.320 e. The third-order valence-electron chi connectivity index (χ3n) is 23.8. The highest BCUT2D eigenvalue weighted by Gasteiger charge is 2.44. The molecule has 4 aromatic rings. The van der Waals surface area contributed by atoms with Crippen LogP contribution >= 0.6 is 24.8 Å². The normalized spacial score (nSPS) is 26.4. The number of nitrogens with two attached hydrogens (primary N) is 1. The molecule has 0 aromatic heterocycles. The number of ketones is 3. The molecule has 0 unspecified atom stereocenters. The molecule has 8 fully saturated rings. The van der Waals surface area contributed by atoms with Gasteiger partial charge in [-0.3, -0.25) is 14.4 Å². The largest absolute Gasteiger partial charge is 0.460 e. The van der Waals surface area contributed by atoms with E-state index in [4.69, 9.17) is 15.2 Å². The number of halogens is 2. The third-order valence-corrected chi connectivity index (χ3v) is 23.8. The van der Waals surface area contributed by atoms with Crippen LogP contribution in [0.3, 0.4) is 0 Å². The lowest BCUT2D eigenvalue weighted by atomic mass is 9.83. The molecule has 8 atom stereocenters. The molecule has 12 nitrogen and oxygen atoms in total. The average Bonchev–Trinajstić information content (AvgIpc) is 1.68. The number of esters is 2. The lowest BCUT2D eigenvalue weighted by molar-refractivity contribution is -0.155. The van der Waals surface area contributed by atoms with E-state index in [1.807, 2.05) is 20.8 Å². The molecule has 0 saturated heterocycles. The number of rotatable bonds is 30. The summed E-state index contributed by atoms with van der Waals surface area (Å²) in [6, 6.07) is 48.0. The molecule has 0 aliphatic heterocycles. The maximum absolute atomic E-state index is 11.9. The van der Waals surface area contributed by atoms with Gasteiger partial charge in [-0.05, 0) is 280 Å². The summed E-state index contributed by atoms with van der Waals surface area (Å²) in [5.74, 6) is 5.86. The quantitative estimate of drug-likeness (QED) is 0.0313. The number of hydrogen-bond acceptors (Lipinski definition) is 12. The van der Waals surface area contributed by atoms with Crippen LogP contribution in [0.2, 0.25) is 0 Å². The highest BCUT2D eigenvalue weighted by Crippen LogP contribution is 2.45. The molecule has 8 saturated carbocycles. The molecule has 14 heteroatoms. The number of hydrogen-bond donors (Lipinski definition) is 5. The van der Waals surface area contributed by atoms with E-state index < -0.39 is 5.60 Å². The van der Waals surface area contributed by atoms with Crippen molar-refractivity contribution < 1.29 is 33.4 Å². The predicted molar refractivity (Wildman–Crippen MR) is 468 cm³/mol. The molecule has 111 heavy (non-hydrogen) atoms. The summed E-state index contributed by atoms with van der Waals surface area (Å²) >= 11 is 0. The lowest BCUT2D eigenvalue weighted by Gasteiger charge is -2.29. The molecule has 8 aliphatic rings. The number of ether oxygens (including phenoxy) is 2. The van der Waals surface area contributed by atoms with E-state index in [9.17, 15) is 24.0 Å². The van der Waals surface area contributed by atoms with Crippen LogP contribution in [0.25, 0.3) is 24.3 Å². The maximum atomic E-state index is 11.9. The van der Waals surface area contributed by atoms with Crippen LogP contribution in [-0.2, 0) is 33.4 Å². The van der Waals surface area contributed by atoms with Crippen molar-refractivity contribution in [1.82, 2.24) is 21.3 Å². The standard InChI is InChI=1S/C26H39NO2.2C23H33NO.C19H25NO.C6H13NO2.2ClH/c1-5-21(17-20-9-7-6-8-10-20)23-18-24(23)27-22-14-11-19(12-15-22)13-16-25(28)29-26(2,3)4;2*1-3-20(15-19-7-5-4-6-8-19)22-16-23(22)24-21-13-11-18(12-14-21)10-9-17(2)25;1-2-15(12-14-6-4-3-5-7-14)18-13-19(18)20-16-8-10-17(21)11-9-16;1-6(2,3)9-5(8)4-7;;/h6-10,17,19,22-24,27H,5,11-16,18H2,1-4H3;2*4-8,15,18,21-24H,3,9-14,16H2,1-2H3;3-7,12,16,18-20H,2,8-11,13H2,1H3;4,7H2,1-3H3;2*1H/b21-17+;2*20-15+;15-12+;;;/t19?,22?,23-,24+;2*18?,21?,22-,23+;18-,19+;;;/m0000.../s1. The van der Waals surface area contributed by atoms with Crippen LogP contribution < -0.4 is 27.0 Å². The van der Waals surface area contributed by atoms with Crippen LogP contribution in [0, 0.1) is 41.4 Å². The minimum atomic E-state index is -0.406. The molecular weight excluding hydrogens is 1420 g/mol. The molecule has 6 N–H and O–H groups in total. The zero-order valence-electron chi connectivity index (χ0n) is 70.2. The van der Waals surface area contributed by atoms with Gasteiger partial charge in [0.1, 0.15) is 28.6 Å². The molecular formula is C97H145Cl2N5O7. The Morgan fingerprint density at radius 2 is 0.622 bits per heavy atom. The maximum Gasteiger partial charge on any atom is 0.320 e. The number of carbonyl (C=O) groups excluding carboxylic acids is 5. The van der Waals surface area contributed by atoms with Gasteiger partial charge in [-0.25, -0.2) is 0 Å². The molecule has 0 spiro atoms. The molecule has 4 aromatic carbocycles. The van der Waals surface area contributed by atoms with Crippen molar-refractivity contribution in [1.29, 1.82) is 0 Å². The Kier molecular flexibility index (Phi) is 41.1. The van der Waals surface area contributed by atoms with Crippen LogP contribution in [0.15, 0.2) is 144 Å². The number of carbonyl (C=O) groups is 5. The summed E-state index contributed by atoms with van der Waals surface area (Å²) < 4.78 is 10.3. The summed E-state index contributed by atoms with van der Waals surface area (Å²) in [6.45, 7) is 23.7. The zero-order chi connectivity index (χ0) is 78.3. The minimum absolute atomic E-state index is 0. The van der Waals surface area contributed by atoms with Gasteiger partial charge in [0.2, 0.25) is 0 Å². The highest BCUT2D eigenvalue weighted by atomic mass is 35.5. The second-order valence-corrected chi connectivity index (χ2v) is 35.3. The highest BCUT2D eigenvalue weighted by molar-refractivity contribution is 5.85. The van der Waals surface area contributed by atoms with E-state index in [0.29, 0.717) is 89.9 Å². The fraction of sp³-hybridized carbons (Fsp3) is 0.619. The molecule has 0 bridgehead atoms. The van der Waals surface area contributed by atoms with Gasteiger partial charge in [-0.15, -0.1) is 24.8 Å².